The summed E-state index contributed by atoms with van der Waals surface area (Å²) in [6, 6.07) is 10.4. The van der Waals surface area contributed by atoms with Crippen molar-refractivity contribution in [1.82, 2.24) is 5.32 Å². The van der Waals surface area contributed by atoms with Crippen LogP contribution in [0.15, 0.2) is 24.3 Å². The highest BCUT2D eigenvalue weighted by Gasteiger charge is 2.29. The van der Waals surface area contributed by atoms with Gasteiger partial charge in [-0.15, -0.1) is 0 Å². The molecule has 0 radical (unpaired) electrons. The predicted molar refractivity (Wildman–Crippen MR) is 62.3 cm³/mol. The third-order valence-electron chi connectivity index (χ3n) is 3.23. The van der Waals surface area contributed by atoms with Gasteiger partial charge in [-0.1, -0.05) is 18.2 Å². The van der Waals surface area contributed by atoms with Gasteiger partial charge < -0.3 is 10.1 Å². The van der Waals surface area contributed by atoms with E-state index in [0.29, 0.717) is 18.3 Å². The molecule has 1 saturated heterocycles. The Labute approximate surface area is 96.0 Å². The quantitative estimate of drug-likeness (QED) is 0.839. The van der Waals surface area contributed by atoms with Crippen molar-refractivity contribution in [2.45, 2.75) is 12.3 Å². The number of nitrogens with zero attached hydrogens (tertiary/aromatic N) is 1. The van der Waals surface area contributed by atoms with Crippen LogP contribution < -0.4 is 10.1 Å². The molecule has 1 N–H and O–H groups in total. The van der Waals surface area contributed by atoms with E-state index in [1.807, 2.05) is 18.2 Å². The van der Waals surface area contributed by atoms with Crippen molar-refractivity contribution in [3.05, 3.63) is 29.8 Å². The molecule has 1 aromatic rings. The Morgan fingerprint density at radius 1 is 1.44 bits per heavy atom. The number of ether oxygens (including phenoxy) is 1. The van der Waals surface area contributed by atoms with Gasteiger partial charge in [0, 0.05) is 18.9 Å². The van der Waals surface area contributed by atoms with Crippen molar-refractivity contribution in [1.29, 1.82) is 5.26 Å². The summed E-state index contributed by atoms with van der Waals surface area (Å²) in [6.07, 6.45) is 0.607. The maximum absolute atomic E-state index is 8.81. The Kier molecular flexibility index (Phi) is 3.43. The first-order valence-electron chi connectivity index (χ1n) is 5.57. The second kappa shape index (κ2) is 5.00. The highest BCUT2D eigenvalue weighted by atomic mass is 16.5. The lowest BCUT2D eigenvalue weighted by atomic mass is 9.86. The van der Waals surface area contributed by atoms with E-state index < -0.39 is 0 Å². The number of hydrogen-bond donors (Lipinski definition) is 1. The zero-order chi connectivity index (χ0) is 11.4. The lowest BCUT2D eigenvalue weighted by Crippen LogP contribution is -2.11. The molecule has 1 aliphatic rings. The standard InChI is InChI=1S/C13H16N2O/c1-16-13-5-3-2-4-11(13)12-9-15-8-10(12)6-7-14/h2-5,10,12,15H,6,8-9H2,1H3. The molecule has 1 aliphatic heterocycles. The van der Waals surface area contributed by atoms with E-state index in [4.69, 9.17) is 10.00 Å². The van der Waals surface area contributed by atoms with Gasteiger partial charge in [0.15, 0.2) is 0 Å². The molecule has 2 unspecified atom stereocenters. The summed E-state index contributed by atoms with van der Waals surface area (Å²) in [5.74, 6) is 1.73. The first kappa shape index (κ1) is 11.0. The third kappa shape index (κ3) is 2.02. The SMILES string of the molecule is COc1ccccc1C1CNCC1CC#N. The molecule has 0 bridgehead atoms. The van der Waals surface area contributed by atoms with Gasteiger partial charge in [-0.3, -0.25) is 0 Å². The molecular weight excluding hydrogens is 200 g/mol. The van der Waals surface area contributed by atoms with Crippen molar-refractivity contribution in [3.63, 3.8) is 0 Å². The van der Waals surface area contributed by atoms with Crippen LogP contribution in [0.1, 0.15) is 17.9 Å². The molecule has 1 fully saturated rings. The van der Waals surface area contributed by atoms with Crippen LogP contribution in [0.25, 0.3) is 0 Å². The molecule has 3 nitrogen and oxygen atoms in total. The summed E-state index contributed by atoms with van der Waals surface area (Å²) < 4.78 is 5.37. The second-order valence-electron chi connectivity index (χ2n) is 4.13. The predicted octanol–water partition coefficient (Wildman–Crippen LogP) is 1.91. The number of rotatable bonds is 3. The van der Waals surface area contributed by atoms with Crippen molar-refractivity contribution >= 4 is 0 Å². The average Bonchev–Trinajstić information content (AvgIpc) is 2.77. The summed E-state index contributed by atoms with van der Waals surface area (Å²) in [7, 11) is 1.69. The van der Waals surface area contributed by atoms with E-state index in [9.17, 15) is 0 Å². The molecule has 1 aromatic carbocycles. The van der Waals surface area contributed by atoms with E-state index in [-0.39, 0.29) is 0 Å². The van der Waals surface area contributed by atoms with Gasteiger partial charge in [0.25, 0.3) is 0 Å². The molecule has 16 heavy (non-hydrogen) atoms. The van der Waals surface area contributed by atoms with Crippen LogP contribution >= 0.6 is 0 Å². The molecule has 1 heterocycles. The van der Waals surface area contributed by atoms with Crippen LogP contribution in [0, 0.1) is 17.2 Å². The fourth-order valence-electron chi connectivity index (χ4n) is 2.40. The maximum Gasteiger partial charge on any atom is 0.122 e. The van der Waals surface area contributed by atoms with Gasteiger partial charge in [0.2, 0.25) is 0 Å². The molecular formula is C13H16N2O. The second-order valence-corrected chi connectivity index (χ2v) is 4.13. The van der Waals surface area contributed by atoms with Crippen molar-refractivity contribution in [2.24, 2.45) is 5.92 Å². The summed E-state index contributed by atoms with van der Waals surface area (Å²) in [4.78, 5) is 0. The Morgan fingerprint density at radius 3 is 3.00 bits per heavy atom. The minimum Gasteiger partial charge on any atom is -0.496 e. The molecule has 3 heteroatoms. The van der Waals surface area contributed by atoms with Crippen LogP contribution in [0.4, 0.5) is 0 Å². The minimum absolute atomic E-state index is 0.399. The third-order valence-corrected chi connectivity index (χ3v) is 3.23. The zero-order valence-corrected chi connectivity index (χ0v) is 9.44. The molecule has 0 amide bonds. The van der Waals surface area contributed by atoms with Gasteiger partial charge in [-0.25, -0.2) is 0 Å². The van der Waals surface area contributed by atoms with Gasteiger partial charge in [0.1, 0.15) is 5.75 Å². The monoisotopic (exact) mass is 216 g/mol. The average molecular weight is 216 g/mol. The molecule has 84 valence electrons. The van der Waals surface area contributed by atoms with Crippen LogP contribution in [-0.4, -0.2) is 20.2 Å². The summed E-state index contributed by atoms with van der Waals surface area (Å²) in [6.45, 7) is 1.86. The van der Waals surface area contributed by atoms with E-state index in [1.165, 1.54) is 5.56 Å². The number of hydrogen-bond acceptors (Lipinski definition) is 3. The van der Waals surface area contributed by atoms with Gasteiger partial charge in [-0.2, -0.15) is 5.26 Å². The first-order chi connectivity index (χ1) is 7.86. The minimum atomic E-state index is 0.399. The smallest absolute Gasteiger partial charge is 0.122 e. The van der Waals surface area contributed by atoms with E-state index >= 15 is 0 Å². The van der Waals surface area contributed by atoms with E-state index in [1.54, 1.807) is 7.11 Å². The molecule has 0 aliphatic carbocycles. The number of benzene rings is 1. The van der Waals surface area contributed by atoms with Crippen LogP contribution in [0.2, 0.25) is 0 Å². The van der Waals surface area contributed by atoms with Gasteiger partial charge in [-0.05, 0) is 24.1 Å². The number of nitrogens with one attached hydrogen (secondary N) is 1. The topological polar surface area (TPSA) is 45.0 Å². The molecule has 0 saturated carbocycles. The molecule has 2 rings (SSSR count). The number of para-hydroxylation sites is 1. The fraction of sp³-hybridized carbons (Fsp3) is 0.462. The first-order valence-corrected chi connectivity index (χ1v) is 5.57. The lowest BCUT2D eigenvalue weighted by Gasteiger charge is -2.18. The van der Waals surface area contributed by atoms with Crippen LogP contribution in [0.5, 0.6) is 5.75 Å². The van der Waals surface area contributed by atoms with Crippen molar-refractivity contribution < 1.29 is 4.74 Å². The Morgan fingerprint density at radius 2 is 2.25 bits per heavy atom. The molecule has 0 aromatic heterocycles. The molecule has 0 spiro atoms. The van der Waals surface area contributed by atoms with E-state index in [2.05, 4.69) is 17.5 Å². The lowest BCUT2D eigenvalue weighted by molar-refractivity contribution is 0.399. The highest BCUT2D eigenvalue weighted by molar-refractivity contribution is 5.37. The normalized spacial score (nSPS) is 24.0. The van der Waals surface area contributed by atoms with Crippen LogP contribution in [0.3, 0.4) is 0 Å². The highest BCUT2D eigenvalue weighted by Crippen LogP contribution is 2.35. The van der Waals surface area contributed by atoms with Crippen molar-refractivity contribution in [3.8, 4) is 11.8 Å². The number of methoxy groups -OCH3 is 1. The van der Waals surface area contributed by atoms with E-state index in [0.717, 1.165) is 18.8 Å². The summed E-state index contributed by atoms with van der Waals surface area (Å²) in [5, 5.41) is 12.2. The Balaban J connectivity index is 2.26. The summed E-state index contributed by atoms with van der Waals surface area (Å²) >= 11 is 0. The Bertz CT molecular complexity index is 397. The van der Waals surface area contributed by atoms with Crippen molar-refractivity contribution in [2.75, 3.05) is 20.2 Å². The summed E-state index contributed by atoms with van der Waals surface area (Å²) in [5.41, 5.74) is 1.22. The van der Waals surface area contributed by atoms with Crippen LogP contribution in [-0.2, 0) is 0 Å². The Hall–Kier alpha value is -1.53. The zero-order valence-electron chi connectivity index (χ0n) is 9.44. The largest absolute Gasteiger partial charge is 0.496 e. The molecule has 2 atom stereocenters. The maximum atomic E-state index is 8.81. The fourth-order valence-corrected chi connectivity index (χ4v) is 2.40. The number of nitriles is 1. The van der Waals surface area contributed by atoms with Gasteiger partial charge in [0.05, 0.1) is 13.2 Å². The van der Waals surface area contributed by atoms with Gasteiger partial charge >= 0.3 is 0 Å².